The molecule has 21 heavy (non-hydrogen) atoms. The first-order valence-corrected chi connectivity index (χ1v) is 7.53. The Morgan fingerprint density at radius 3 is 2.52 bits per heavy atom. The first kappa shape index (κ1) is 18.1. The van der Waals surface area contributed by atoms with E-state index in [0.29, 0.717) is 29.0 Å². The maximum Gasteiger partial charge on any atom is 0.165 e. The summed E-state index contributed by atoms with van der Waals surface area (Å²) in [6, 6.07) is 3.57. The summed E-state index contributed by atoms with van der Waals surface area (Å²) in [6.07, 6.45) is 0. The molecule has 0 aliphatic carbocycles. The molecule has 1 aromatic rings. The molecule has 120 valence electrons. The summed E-state index contributed by atoms with van der Waals surface area (Å²) in [6.45, 7) is 9.42. The largest absolute Gasteiger partial charge is 0.493 e. The molecule has 5 heteroatoms. The van der Waals surface area contributed by atoms with Gasteiger partial charge in [-0.1, -0.05) is 25.4 Å². The van der Waals surface area contributed by atoms with Crippen molar-refractivity contribution in [3.8, 4) is 11.5 Å². The van der Waals surface area contributed by atoms with Crippen LogP contribution in [0.1, 0.15) is 33.3 Å². The van der Waals surface area contributed by atoms with Crippen molar-refractivity contribution in [3.63, 3.8) is 0 Å². The third-order valence-corrected chi connectivity index (χ3v) is 2.97. The van der Waals surface area contributed by atoms with Crippen molar-refractivity contribution in [2.24, 2.45) is 5.92 Å². The van der Waals surface area contributed by atoms with Crippen LogP contribution in [-0.4, -0.2) is 31.0 Å². The van der Waals surface area contributed by atoms with Gasteiger partial charge in [0, 0.05) is 23.2 Å². The van der Waals surface area contributed by atoms with E-state index in [2.05, 4.69) is 19.2 Å². The predicted molar refractivity (Wildman–Crippen MR) is 86.3 cm³/mol. The van der Waals surface area contributed by atoms with Gasteiger partial charge in [-0.3, -0.25) is 0 Å². The Bertz CT molecular complexity index is 456. The molecule has 0 aliphatic rings. The highest BCUT2D eigenvalue weighted by molar-refractivity contribution is 6.30. The maximum atomic E-state index is 9.83. The number of hydrogen-bond acceptors (Lipinski definition) is 4. The Hall–Kier alpha value is -0.970. The SMILES string of the molecule is COc1cc(Cl)cc(CNCC(C)C)c1OCC(C)(C)O. The molecular formula is C16H26ClNO3. The molecule has 0 aliphatic heterocycles. The molecule has 0 saturated carbocycles. The molecule has 0 unspecified atom stereocenters. The Kier molecular flexibility index (Phi) is 6.78. The number of hydrogen-bond donors (Lipinski definition) is 2. The average Bonchev–Trinajstić information content (AvgIpc) is 2.35. The highest BCUT2D eigenvalue weighted by Crippen LogP contribution is 2.35. The van der Waals surface area contributed by atoms with Gasteiger partial charge in [0.2, 0.25) is 0 Å². The molecule has 0 spiro atoms. The Morgan fingerprint density at radius 1 is 1.33 bits per heavy atom. The second-order valence-corrected chi connectivity index (χ2v) is 6.66. The highest BCUT2D eigenvalue weighted by Gasteiger charge is 2.18. The Labute approximate surface area is 132 Å². The van der Waals surface area contributed by atoms with Gasteiger partial charge in [0.15, 0.2) is 11.5 Å². The monoisotopic (exact) mass is 315 g/mol. The first-order valence-electron chi connectivity index (χ1n) is 7.15. The lowest BCUT2D eigenvalue weighted by Crippen LogP contribution is -2.28. The van der Waals surface area contributed by atoms with Gasteiger partial charge in [-0.05, 0) is 32.4 Å². The van der Waals surface area contributed by atoms with Crippen LogP contribution in [0.2, 0.25) is 5.02 Å². The zero-order valence-corrected chi connectivity index (χ0v) is 14.3. The van der Waals surface area contributed by atoms with Gasteiger partial charge in [0.25, 0.3) is 0 Å². The number of rotatable bonds is 8. The molecule has 0 fully saturated rings. The van der Waals surface area contributed by atoms with E-state index in [1.807, 2.05) is 6.07 Å². The van der Waals surface area contributed by atoms with Crippen molar-refractivity contribution in [2.45, 2.75) is 39.8 Å². The lowest BCUT2D eigenvalue weighted by atomic mass is 10.1. The Balaban J connectivity index is 2.94. The van der Waals surface area contributed by atoms with E-state index < -0.39 is 5.60 Å². The number of nitrogens with one attached hydrogen (secondary N) is 1. The molecule has 1 rings (SSSR count). The fourth-order valence-corrected chi connectivity index (χ4v) is 2.04. The number of aliphatic hydroxyl groups is 1. The second-order valence-electron chi connectivity index (χ2n) is 6.22. The van der Waals surface area contributed by atoms with E-state index in [4.69, 9.17) is 21.1 Å². The highest BCUT2D eigenvalue weighted by atomic mass is 35.5. The molecule has 0 radical (unpaired) electrons. The number of methoxy groups -OCH3 is 1. The number of ether oxygens (including phenoxy) is 2. The molecule has 2 N–H and O–H groups in total. The van der Waals surface area contributed by atoms with Gasteiger partial charge in [-0.15, -0.1) is 0 Å². The van der Waals surface area contributed by atoms with Gasteiger partial charge >= 0.3 is 0 Å². The minimum atomic E-state index is -0.909. The summed E-state index contributed by atoms with van der Waals surface area (Å²) in [5.74, 6) is 1.76. The van der Waals surface area contributed by atoms with Crippen molar-refractivity contribution < 1.29 is 14.6 Å². The third kappa shape index (κ3) is 6.55. The van der Waals surface area contributed by atoms with Crippen LogP contribution < -0.4 is 14.8 Å². The van der Waals surface area contributed by atoms with E-state index in [-0.39, 0.29) is 6.61 Å². The lowest BCUT2D eigenvalue weighted by Gasteiger charge is -2.21. The predicted octanol–water partition coefficient (Wildman–Crippen LogP) is 3.24. The third-order valence-electron chi connectivity index (χ3n) is 2.75. The van der Waals surface area contributed by atoms with Crippen molar-refractivity contribution in [2.75, 3.05) is 20.3 Å². The molecule has 0 heterocycles. The standard InChI is InChI=1S/C16H26ClNO3/c1-11(2)8-18-9-12-6-13(17)7-14(20-5)15(12)21-10-16(3,4)19/h6-7,11,18-19H,8-10H2,1-5H3. The first-order chi connectivity index (χ1) is 9.73. The fourth-order valence-electron chi connectivity index (χ4n) is 1.81. The van der Waals surface area contributed by atoms with Crippen LogP contribution in [0.5, 0.6) is 11.5 Å². The lowest BCUT2D eigenvalue weighted by molar-refractivity contribution is 0.0272. The summed E-state index contributed by atoms with van der Waals surface area (Å²) in [4.78, 5) is 0. The Morgan fingerprint density at radius 2 is 2.00 bits per heavy atom. The van der Waals surface area contributed by atoms with E-state index in [0.717, 1.165) is 12.1 Å². The van der Waals surface area contributed by atoms with Crippen LogP contribution in [0.15, 0.2) is 12.1 Å². The van der Waals surface area contributed by atoms with Crippen LogP contribution in [-0.2, 0) is 6.54 Å². The summed E-state index contributed by atoms with van der Waals surface area (Å²) in [5, 5.41) is 13.8. The smallest absolute Gasteiger partial charge is 0.165 e. The molecule has 0 bridgehead atoms. The van der Waals surface area contributed by atoms with Gasteiger partial charge < -0.3 is 19.9 Å². The van der Waals surface area contributed by atoms with Gasteiger partial charge in [-0.2, -0.15) is 0 Å². The van der Waals surface area contributed by atoms with Crippen LogP contribution >= 0.6 is 11.6 Å². The van der Waals surface area contributed by atoms with Gasteiger partial charge in [0.05, 0.1) is 12.7 Å². The summed E-state index contributed by atoms with van der Waals surface area (Å²) >= 11 is 6.12. The molecule has 0 amide bonds. The van der Waals surface area contributed by atoms with Crippen LogP contribution in [0.3, 0.4) is 0 Å². The zero-order chi connectivity index (χ0) is 16.0. The average molecular weight is 316 g/mol. The van der Waals surface area contributed by atoms with Crippen molar-refractivity contribution in [1.29, 1.82) is 0 Å². The summed E-state index contributed by atoms with van der Waals surface area (Å²) in [7, 11) is 1.58. The normalized spacial score (nSPS) is 11.8. The molecule has 4 nitrogen and oxygen atoms in total. The topological polar surface area (TPSA) is 50.7 Å². The number of benzene rings is 1. The van der Waals surface area contributed by atoms with Gasteiger partial charge in [-0.25, -0.2) is 0 Å². The zero-order valence-electron chi connectivity index (χ0n) is 13.5. The van der Waals surface area contributed by atoms with E-state index >= 15 is 0 Å². The minimum absolute atomic E-state index is 0.183. The second kappa shape index (κ2) is 7.87. The molecular weight excluding hydrogens is 290 g/mol. The van der Waals surface area contributed by atoms with Crippen molar-refractivity contribution >= 4 is 11.6 Å². The minimum Gasteiger partial charge on any atom is -0.493 e. The van der Waals surface area contributed by atoms with Crippen LogP contribution in [0.25, 0.3) is 0 Å². The van der Waals surface area contributed by atoms with Crippen molar-refractivity contribution in [3.05, 3.63) is 22.7 Å². The van der Waals surface area contributed by atoms with Gasteiger partial charge in [0.1, 0.15) is 6.61 Å². The molecule has 0 atom stereocenters. The summed E-state index contributed by atoms with van der Waals surface area (Å²) in [5.41, 5.74) is 0.0112. The van der Waals surface area contributed by atoms with E-state index in [1.54, 1.807) is 27.0 Å². The molecule has 1 aromatic carbocycles. The van der Waals surface area contributed by atoms with Crippen LogP contribution in [0, 0.1) is 5.92 Å². The molecule has 0 aromatic heterocycles. The fraction of sp³-hybridized carbons (Fsp3) is 0.625. The molecule has 0 saturated heterocycles. The number of halogens is 1. The van der Waals surface area contributed by atoms with E-state index in [9.17, 15) is 5.11 Å². The van der Waals surface area contributed by atoms with Crippen molar-refractivity contribution in [1.82, 2.24) is 5.32 Å². The van der Waals surface area contributed by atoms with E-state index in [1.165, 1.54) is 0 Å². The maximum absolute atomic E-state index is 9.83. The van der Waals surface area contributed by atoms with Crippen LogP contribution in [0.4, 0.5) is 0 Å². The summed E-state index contributed by atoms with van der Waals surface area (Å²) < 4.78 is 11.1. The quantitative estimate of drug-likeness (QED) is 0.773.